The lowest BCUT2D eigenvalue weighted by molar-refractivity contribution is -0.129. The number of aromatic nitrogens is 1. The Labute approximate surface area is 113 Å². The lowest BCUT2D eigenvalue weighted by Gasteiger charge is -2.34. The predicted octanol–water partition coefficient (Wildman–Crippen LogP) is 2.11. The highest BCUT2D eigenvalue weighted by Gasteiger charge is 2.23. The minimum absolute atomic E-state index is 0.107. The van der Waals surface area contributed by atoms with Crippen molar-refractivity contribution in [1.82, 2.24) is 9.88 Å². The van der Waals surface area contributed by atoms with Crippen molar-refractivity contribution in [1.29, 1.82) is 0 Å². The Morgan fingerprint density at radius 2 is 1.89 bits per heavy atom. The SMILES string of the molecule is CC(=O)N1CCN(c2nc(C(C)(C)C)cs2)CC1. The van der Waals surface area contributed by atoms with Crippen molar-refractivity contribution in [3.8, 4) is 0 Å². The third kappa shape index (κ3) is 2.83. The summed E-state index contributed by atoms with van der Waals surface area (Å²) in [4.78, 5) is 20.2. The standard InChI is InChI=1S/C13H21N3OS/c1-10(17)15-5-7-16(8-6-15)12-14-11(9-18-12)13(2,3)4/h9H,5-8H2,1-4H3. The fraction of sp³-hybridized carbons (Fsp3) is 0.692. The van der Waals surface area contributed by atoms with Crippen LogP contribution >= 0.6 is 11.3 Å². The lowest BCUT2D eigenvalue weighted by Crippen LogP contribution is -2.48. The van der Waals surface area contributed by atoms with E-state index in [-0.39, 0.29) is 11.3 Å². The number of nitrogens with zero attached hydrogens (tertiary/aromatic N) is 3. The van der Waals surface area contributed by atoms with Crippen LogP contribution in [0.2, 0.25) is 0 Å². The average Bonchev–Trinajstić information content (AvgIpc) is 2.78. The molecule has 1 aliphatic heterocycles. The first-order valence-corrected chi connectivity index (χ1v) is 7.22. The molecule has 0 spiro atoms. The van der Waals surface area contributed by atoms with Crippen LogP contribution in [-0.4, -0.2) is 42.0 Å². The molecule has 0 atom stereocenters. The third-order valence-electron chi connectivity index (χ3n) is 3.26. The molecule has 1 aromatic heterocycles. The number of amides is 1. The maximum Gasteiger partial charge on any atom is 0.219 e. The molecule has 1 amide bonds. The molecule has 0 saturated carbocycles. The van der Waals surface area contributed by atoms with Crippen LogP contribution in [0, 0.1) is 0 Å². The molecule has 0 unspecified atom stereocenters. The van der Waals surface area contributed by atoms with Crippen LogP contribution < -0.4 is 4.90 Å². The number of rotatable bonds is 1. The minimum Gasteiger partial charge on any atom is -0.345 e. The second kappa shape index (κ2) is 4.88. The van der Waals surface area contributed by atoms with E-state index >= 15 is 0 Å². The molecule has 0 aromatic carbocycles. The Hall–Kier alpha value is -1.10. The Kier molecular flexibility index (Phi) is 3.61. The van der Waals surface area contributed by atoms with Crippen LogP contribution in [0.1, 0.15) is 33.4 Å². The highest BCUT2D eigenvalue weighted by atomic mass is 32.1. The van der Waals surface area contributed by atoms with E-state index in [1.165, 1.54) is 0 Å². The summed E-state index contributed by atoms with van der Waals surface area (Å²) >= 11 is 1.70. The molecule has 0 aliphatic carbocycles. The molecule has 1 aliphatic rings. The van der Waals surface area contributed by atoms with E-state index in [1.807, 2.05) is 4.90 Å². The molecule has 2 rings (SSSR count). The van der Waals surface area contributed by atoms with Gasteiger partial charge in [-0.1, -0.05) is 20.8 Å². The van der Waals surface area contributed by atoms with Gasteiger partial charge in [0.15, 0.2) is 5.13 Å². The smallest absolute Gasteiger partial charge is 0.219 e. The van der Waals surface area contributed by atoms with Gasteiger partial charge in [-0.2, -0.15) is 0 Å². The van der Waals surface area contributed by atoms with Gasteiger partial charge >= 0.3 is 0 Å². The van der Waals surface area contributed by atoms with E-state index in [0.29, 0.717) is 0 Å². The Bertz CT molecular complexity index is 428. The summed E-state index contributed by atoms with van der Waals surface area (Å²) in [5.74, 6) is 0.171. The molecule has 18 heavy (non-hydrogen) atoms. The van der Waals surface area contributed by atoms with Crippen molar-refractivity contribution in [2.75, 3.05) is 31.1 Å². The lowest BCUT2D eigenvalue weighted by atomic mass is 9.93. The number of hydrogen-bond acceptors (Lipinski definition) is 4. The van der Waals surface area contributed by atoms with Crippen LogP contribution in [0.15, 0.2) is 5.38 Å². The van der Waals surface area contributed by atoms with Gasteiger partial charge in [-0.3, -0.25) is 4.79 Å². The summed E-state index contributed by atoms with van der Waals surface area (Å²) < 4.78 is 0. The normalized spacial score (nSPS) is 17.1. The van der Waals surface area contributed by atoms with E-state index in [0.717, 1.165) is 37.0 Å². The maximum absolute atomic E-state index is 11.3. The highest BCUT2D eigenvalue weighted by Crippen LogP contribution is 2.28. The zero-order valence-corrected chi connectivity index (χ0v) is 12.4. The molecule has 2 heterocycles. The summed E-state index contributed by atoms with van der Waals surface area (Å²) in [6, 6.07) is 0. The number of anilines is 1. The van der Waals surface area contributed by atoms with Crippen LogP contribution in [0.5, 0.6) is 0 Å². The molecule has 1 saturated heterocycles. The first-order valence-electron chi connectivity index (χ1n) is 6.34. The number of carbonyl (C=O) groups is 1. The van der Waals surface area contributed by atoms with Crippen molar-refractivity contribution in [2.24, 2.45) is 0 Å². The van der Waals surface area contributed by atoms with E-state index < -0.39 is 0 Å². The van der Waals surface area contributed by atoms with Gasteiger partial charge in [0.05, 0.1) is 5.69 Å². The summed E-state index contributed by atoms with van der Waals surface area (Å²) in [5.41, 5.74) is 1.26. The zero-order chi connectivity index (χ0) is 13.3. The number of piperazine rings is 1. The molecule has 0 bridgehead atoms. The predicted molar refractivity (Wildman–Crippen MR) is 75.3 cm³/mol. The van der Waals surface area contributed by atoms with Crippen molar-refractivity contribution in [3.05, 3.63) is 11.1 Å². The minimum atomic E-state index is 0.107. The molecule has 0 N–H and O–H groups in total. The molecule has 5 heteroatoms. The summed E-state index contributed by atoms with van der Waals surface area (Å²) in [6.45, 7) is 11.6. The maximum atomic E-state index is 11.3. The fourth-order valence-corrected chi connectivity index (χ4v) is 3.07. The number of carbonyl (C=O) groups excluding carboxylic acids is 1. The molecule has 0 radical (unpaired) electrons. The molecule has 1 fully saturated rings. The van der Waals surface area contributed by atoms with Crippen molar-refractivity contribution in [3.63, 3.8) is 0 Å². The van der Waals surface area contributed by atoms with E-state index in [4.69, 9.17) is 4.98 Å². The van der Waals surface area contributed by atoms with Crippen molar-refractivity contribution >= 4 is 22.4 Å². The van der Waals surface area contributed by atoms with Crippen LogP contribution in [0.25, 0.3) is 0 Å². The monoisotopic (exact) mass is 267 g/mol. The average molecular weight is 267 g/mol. The first kappa shape index (κ1) is 13.3. The van der Waals surface area contributed by atoms with Crippen molar-refractivity contribution < 1.29 is 4.79 Å². The summed E-state index contributed by atoms with van der Waals surface area (Å²) in [6.07, 6.45) is 0. The molecule has 1 aromatic rings. The Morgan fingerprint density at radius 3 is 2.33 bits per heavy atom. The number of thiazole rings is 1. The van der Waals surface area contributed by atoms with Gasteiger partial charge in [-0.05, 0) is 0 Å². The largest absolute Gasteiger partial charge is 0.345 e. The molecule has 4 nitrogen and oxygen atoms in total. The third-order valence-corrected chi connectivity index (χ3v) is 4.16. The van der Waals surface area contributed by atoms with Gasteiger partial charge in [0.25, 0.3) is 0 Å². The zero-order valence-electron chi connectivity index (χ0n) is 11.6. The quantitative estimate of drug-likeness (QED) is 0.782. The number of hydrogen-bond donors (Lipinski definition) is 0. The van der Waals surface area contributed by atoms with E-state index in [9.17, 15) is 4.79 Å². The first-order chi connectivity index (χ1) is 8.38. The highest BCUT2D eigenvalue weighted by molar-refractivity contribution is 7.13. The summed E-state index contributed by atoms with van der Waals surface area (Å²) in [5, 5.41) is 3.23. The molecule has 100 valence electrons. The molecular weight excluding hydrogens is 246 g/mol. The van der Waals surface area contributed by atoms with Gasteiger partial charge < -0.3 is 9.80 Å². The van der Waals surface area contributed by atoms with E-state index in [1.54, 1.807) is 18.3 Å². The van der Waals surface area contributed by atoms with Crippen LogP contribution in [-0.2, 0) is 10.2 Å². The topological polar surface area (TPSA) is 36.4 Å². The molecular formula is C13H21N3OS. The van der Waals surface area contributed by atoms with Gasteiger partial charge in [0.1, 0.15) is 0 Å². The second-order valence-electron chi connectivity index (χ2n) is 5.76. The van der Waals surface area contributed by atoms with Crippen LogP contribution in [0.3, 0.4) is 0 Å². The Balaban J connectivity index is 2.02. The van der Waals surface area contributed by atoms with Gasteiger partial charge in [0.2, 0.25) is 5.91 Å². The van der Waals surface area contributed by atoms with Crippen LogP contribution in [0.4, 0.5) is 5.13 Å². The summed E-state index contributed by atoms with van der Waals surface area (Å²) in [7, 11) is 0. The van der Waals surface area contributed by atoms with Gasteiger partial charge in [0, 0.05) is 43.9 Å². The second-order valence-corrected chi connectivity index (χ2v) is 6.59. The fourth-order valence-electron chi connectivity index (χ4n) is 1.97. The van der Waals surface area contributed by atoms with Gasteiger partial charge in [-0.15, -0.1) is 11.3 Å². The van der Waals surface area contributed by atoms with Crippen molar-refractivity contribution in [2.45, 2.75) is 33.1 Å². The van der Waals surface area contributed by atoms with Gasteiger partial charge in [-0.25, -0.2) is 4.98 Å². The Morgan fingerprint density at radius 1 is 1.28 bits per heavy atom. The van der Waals surface area contributed by atoms with E-state index in [2.05, 4.69) is 31.1 Å².